The van der Waals surface area contributed by atoms with Crippen LogP contribution in [0.4, 0.5) is 10.5 Å². The second kappa shape index (κ2) is 14.5. The highest BCUT2D eigenvalue weighted by atomic mass is 127. The average Bonchev–Trinajstić information content (AvgIpc) is 3.32. The number of carbonyl (C=O) groups is 1. The lowest BCUT2D eigenvalue weighted by Crippen LogP contribution is -2.37. The van der Waals surface area contributed by atoms with Crippen LogP contribution in [-0.4, -0.2) is 56.3 Å². The maximum Gasteiger partial charge on any atom is 0.321 e. The molecule has 0 spiro atoms. The van der Waals surface area contributed by atoms with Crippen LogP contribution in [0.5, 0.6) is 0 Å². The van der Waals surface area contributed by atoms with Crippen molar-refractivity contribution < 1.29 is 9.53 Å². The number of likely N-dealkylation sites (tertiary alicyclic amines) is 1. The normalized spacial score (nSPS) is 17.2. The summed E-state index contributed by atoms with van der Waals surface area (Å²) in [5.74, 6) is 0.777. The van der Waals surface area contributed by atoms with E-state index in [2.05, 4.69) is 20.9 Å². The SMILES string of the molecule is CN=C(NCCCOC1CCCCC1)NCc1cccc(NC(=O)N2CCCC2)c1.I. The summed E-state index contributed by atoms with van der Waals surface area (Å²) in [5, 5.41) is 9.68. The molecule has 0 atom stereocenters. The molecule has 1 heterocycles. The van der Waals surface area contributed by atoms with Gasteiger partial charge in [0.25, 0.3) is 0 Å². The Morgan fingerprint density at radius 1 is 1.13 bits per heavy atom. The predicted molar refractivity (Wildman–Crippen MR) is 137 cm³/mol. The summed E-state index contributed by atoms with van der Waals surface area (Å²) in [4.78, 5) is 18.4. The van der Waals surface area contributed by atoms with E-state index in [4.69, 9.17) is 4.74 Å². The number of benzene rings is 1. The molecule has 2 fully saturated rings. The van der Waals surface area contributed by atoms with Gasteiger partial charge in [0.15, 0.2) is 5.96 Å². The topological polar surface area (TPSA) is 78.0 Å². The highest BCUT2D eigenvalue weighted by molar-refractivity contribution is 14.0. The summed E-state index contributed by atoms with van der Waals surface area (Å²) in [6.07, 6.45) is 10.0. The maximum atomic E-state index is 12.3. The van der Waals surface area contributed by atoms with Crippen LogP contribution in [0.3, 0.4) is 0 Å². The van der Waals surface area contributed by atoms with Crippen molar-refractivity contribution in [2.75, 3.05) is 38.6 Å². The van der Waals surface area contributed by atoms with Gasteiger partial charge in [-0.1, -0.05) is 31.4 Å². The first-order chi connectivity index (χ1) is 14.7. The van der Waals surface area contributed by atoms with E-state index in [0.717, 1.165) is 62.7 Å². The van der Waals surface area contributed by atoms with Gasteiger partial charge >= 0.3 is 6.03 Å². The minimum atomic E-state index is -0.00877. The lowest BCUT2D eigenvalue weighted by molar-refractivity contribution is 0.0277. The van der Waals surface area contributed by atoms with Crippen LogP contribution in [0, 0.1) is 0 Å². The number of hydrogen-bond donors (Lipinski definition) is 3. The van der Waals surface area contributed by atoms with E-state index in [-0.39, 0.29) is 30.0 Å². The summed E-state index contributed by atoms with van der Waals surface area (Å²) in [6.45, 7) is 3.97. The fourth-order valence-electron chi connectivity index (χ4n) is 4.05. The zero-order valence-electron chi connectivity index (χ0n) is 18.7. The largest absolute Gasteiger partial charge is 0.378 e. The van der Waals surface area contributed by atoms with E-state index in [9.17, 15) is 4.79 Å². The number of rotatable bonds is 8. The molecule has 1 saturated carbocycles. The van der Waals surface area contributed by atoms with E-state index in [0.29, 0.717) is 12.6 Å². The smallest absolute Gasteiger partial charge is 0.321 e. The van der Waals surface area contributed by atoms with E-state index >= 15 is 0 Å². The predicted octanol–water partition coefficient (Wildman–Crippen LogP) is 4.34. The third kappa shape index (κ3) is 9.22. The van der Waals surface area contributed by atoms with Crippen molar-refractivity contribution in [3.63, 3.8) is 0 Å². The molecule has 8 heteroatoms. The van der Waals surface area contributed by atoms with Crippen LogP contribution >= 0.6 is 24.0 Å². The first-order valence-corrected chi connectivity index (χ1v) is 11.5. The van der Waals surface area contributed by atoms with Crippen molar-refractivity contribution in [2.24, 2.45) is 4.99 Å². The number of nitrogens with zero attached hydrogens (tertiary/aromatic N) is 2. The van der Waals surface area contributed by atoms with E-state index < -0.39 is 0 Å². The van der Waals surface area contributed by atoms with Gasteiger partial charge in [-0.25, -0.2) is 4.79 Å². The second-order valence-corrected chi connectivity index (χ2v) is 8.16. The van der Waals surface area contributed by atoms with Gasteiger partial charge in [0.1, 0.15) is 0 Å². The summed E-state index contributed by atoms with van der Waals surface area (Å²) in [7, 11) is 1.78. The van der Waals surface area contributed by atoms with E-state index in [1.807, 2.05) is 29.2 Å². The van der Waals surface area contributed by atoms with Crippen LogP contribution in [0.2, 0.25) is 0 Å². The molecule has 31 heavy (non-hydrogen) atoms. The van der Waals surface area contributed by atoms with Gasteiger partial charge in [-0.3, -0.25) is 4.99 Å². The molecule has 0 aromatic heterocycles. The number of urea groups is 1. The van der Waals surface area contributed by atoms with Crippen molar-refractivity contribution in [1.82, 2.24) is 15.5 Å². The molecule has 174 valence electrons. The molecule has 1 aromatic rings. The van der Waals surface area contributed by atoms with Gasteiger partial charge in [0.2, 0.25) is 0 Å². The summed E-state index contributed by atoms with van der Waals surface area (Å²) in [6, 6.07) is 7.94. The van der Waals surface area contributed by atoms with Gasteiger partial charge < -0.3 is 25.6 Å². The summed E-state index contributed by atoms with van der Waals surface area (Å²) >= 11 is 0. The van der Waals surface area contributed by atoms with Gasteiger partial charge in [-0.05, 0) is 49.8 Å². The van der Waals surface area contributed by atoms with Gasteiger partial charge in [0.05, 0.1) is 6.10 Å². The first kappa shape index (κ1) is 25.7. The molecule has 2 amide bonds. The number of hydrogen-bond acceptors (Lipinski definition) is 3. The Balaban J connectivity index is 0.00000341. The number of halogens is 1. The molecule has 3 rings (SSSR count). The van der Waals surface area contributed by atoms with Gasteiger partial charge in [-0.2, -0.15) is 0 Å². The molecule has 0 radical (unpaired) electrons. The van der Waals surface area contributed by atoms with Crippen LogP contribution in [0.1, 0.15) is 56.9 Å². The molecule has 0 unspecified atom stereocenters. The number of anilines is 1. The fraction of sp³-hybridized carbons (Fsp3) is 0.652. The Hall–Kier alpha value is -1.55. The minimum Gasteiger partial charge on any atom is -0.378 e. The number of nitrogens with one attached hydrogen (secondary N) is 3. The number of guanidine groups is 1. The van der Waals surface area contributed by atoms with Crippen molar-refractivity contribution in [1.29, 1.82) is 0 Å². The van der Waals surface area contributed by atoms with Crippen molar-refractivity contribution >= 4 is 41.7 Å². The second-order valence-electron chi connectivity index (χ2n) is 8.16. The zero-order valence-corrected chi connectivity index (χ0v) is 21.0. The Labute approximate surface area is 203 Å². The number of ether oxygens (including phenoxy) is 1. The monoisotopic (exact) mass is 543 g/mol. The average molecular weight is 543 g/mol. The molecule has 1 aliphatic heterocycles. The van der Waals surface area contributed by atoms with Crippen LogP contribution in [0.25, 0.3) is 0 Å². The van der Waals surface area contributed by atoms with Gasteiger partial charge in [0, 0.05) is 45.5 Å². The van der Waals surface area contributed by atoms with Crippen molar-refractivity contribution in [3.05, 3.63) is 29.8 Å². The Kier molecular flexibility index (Phi) is 12.0. The van der Waals surface area contributed by atoms with Crippen molar-refractivity contribution in [2.45, 2.75) is 64.0 Å². The highest BCUT2D eigenvalue weighted by Crippen LogP contribution is 2.20. The number of carbonyl (C=O) groups excluding carboxylic acids is 1. The van der Waals surface area contributed by atoms with Crippen LogP contribution in [0.15, 0.2) is 29.3 Å². The number of amides is 2. The molecule has 1 saturated heterocycles. The molecule has 7 nitrogen and oxygen atoms in total. The summed E-state index contributed by atoms with van der Waals surface area (Å²) in [5.41, 5.74) is 1.92. The Morgan fingerprint density at radius 3 is 2.65 bits per heavy atom. The van der Waals surface area contributed by atoms with E-state index in [1.165, 1.54) is 32.1 Å². The Bertz CT molecular complexity index is 688. The third-order valence-electron chi connectivity index (χ3n) is 5.77. The molecule has 1 aliphatic carbocycles. The molecular weight excluding hydrogens is 505 g/mol. The first-order valence-electron chi connectivity index (χ1n) is 11.5. The lowest BCUT2D eigenvalue weighted by Gasteiger charge is -2.22. The van der Waals surface area contributed by atoms with Gasteiger partial charge in [-0.15, -0.1) is 24.0 Å². The standard InChI is InChI=1S/C23H37N5O2.HI/c1-24-22(25-13-8-16-30-21-11-3-2-4-12-21)26-18-19-9-7-10-20(17-19)27-23(29)28-14-5-6-15-28;/h7,9-10,17,21H,2-6,8,11-16,18H2,1H3,(H,27,29)(H2,24,25,26);1H. The fourth-order valence-corrected chi connectivity index (χ4v) is 4.05. The maximum absolute atomic E-state index is 12.3. The van der Waals surface area contributed by atoms with E-state index in [1.54, 1.807) is 7.05 Å². The quantitative estimate of drug-likeness (QED) is 0.197. The van der Waals surface area contributed by atoms with Crippen molar-refractivity contribution in [3.8, 4) is 0 Å². The van der Waals surface area contributed by atoms with Crippen LogP contribution in [-0.2, 0) is 11.3 Å². The summed E-state index contributed by atoms with van der Waals surface area (Å²) < 4.78 is 5.97. The Morgan fingerprint density at radius 2 is 1.90 bits per heavy atom. The zero-order chi connectivity index (χ0) is 21.0. The molecule has 1 aromatic carbocycles. The number of aliphatic imine (C=N–C) groups is 1. The third-order valence-corrected chi connectivity index (χ3v) is 5.77. The lowest BCUT2D eigenvalue weighted by atomic mass is 9.98. The highest BCUT2D eigenvalue weighted by Gasteiger charge is 2.17. The molecule has 3 N–H and O–H groups in total. The van der Waals surface area contributed by atoms with Crippen LogP contribution < -0.4 is 16.0 Å². The molecule has 0 bridgehead atoms. The molecule has 2 aliphatic rings. The molecular formula is C23H38IN5O2. The minimum absolute atomic E-state index is 0.